The minimum atomic E-state index is -0.328. The molecule has 0 saturated carbocycles. The fraction of sp³-hybridized carbons (Fsp3) is 0.250. The van der Waals surface area contributed by atoms with Gasteiger partial charge in [0.05, 0.1) is 5.69 Å². The molecule has 0 amide bonds. The first-order chi connectivity index (χ1) is 8.15. The number of rotatable bonds is 4. The minimum Gasteiger partial charge on any atom is -0.361 e. The normalized spacial score (nSPS) is 10.8. The average Bonchev–Trinajstić information content (AvgIpc) is 2.68. The summed E-state index contributed by atoms with van der Waals surface area (Å²) in [5, 5.41) is 7.44. The van der Waals surface area contributed by atoms with Gasteiger partial charge in [0.1, 0.15) is 11.6 Å². The number of aromatic nitrogens is 1. The van der Waals surface area contributed by atoms with Crippen LogP contribution in [0.25, 0.3) is 0 Å². The lowest BCUT2D eigenvalue weighted by Crippen LogP contribution is -2.13. The maximum atomic E-state index is 12.8. The summed E-state index contributed by atoms with van der Waals surface area (Å²) >= 11 is 5.90. The minimum absolute atomic E-state index is 0.328. The predicted molar refractivity (Wildman–Crippen MR) is 63.2 cm³/mol. The van der Waals surface area contributed by atoms with Crippen molar-refractivity contribution < 1.29 is 8.91 Å². The summed E-state index contributed by atoms with van der Waals surface area (Å²) in [6.07, 6.45) is 0. The highest BCUT2D eigenvalue weighted by Crippen LogP contribution is 2.17. The van der Waals surface area contributed by atoms with Crippen molar-refractivity contribution in [1.82, 2.24) is 10.5 Å². The average molecular weight is 255 g/mol. The summed E-state index contributed by atoms with van der Waals surface area (Å²) in [6, 6.07) is 6.22. The Hall–Kier alpha value is -1.39. The lowest BCUT2D eigenvalue weighted by Gasteiger charge is -2.05. The summed E-state index contributed by atoms with van der Waals surface area (Å²) in [5.41, 5.74) is 1.69. The van der Waals surface area contributed by atoms with Crippen LogP contribution in [0.5, 0.6) is 0 Å². The van der Waals surface area contributed by atoms with Crippen molar-refractivity contribution >= 4 is 11.6 Å². The Kier molecular flexibility index (Phi) is 3.76. The maximum absolute atomic E-state index is 12.8. The van der Waals surface area contributed by atoms with E-state index < -0.39 is 0 Å². The largest absolute Gasteiger partial charge is 0.361 e. The molecule has 1 aromatic heterocycles. The molecular weight excluding hydrogens is 243 g/mol. The second-order valence-electron chi connectivity index (χ2n) is 3.77. The second-order valence-corrected chi connectivity index (χ2v) is 4.18. The highest BCUT2D eigenvalue weighted by atomic mass is 35.5. The van der Waals surface area contributed by atoms with Crippen LogP contribution in [-0.4, -0.2) is 5.16 Å². The van der Waals surface area contributed by atoms with Crippen LogP contribution < -0.4 is 5.32 Å². The van der Waals surface area contributed by atoms with Gasteiger partial charge >= 0.3 is 0 Å². The molecule has 5 heteroatoms. The lowest BCUT2D eigenvalue weighted by molar-refractivity contribution is 0.388. The van der Waals surface area contributed by atoms with Crippen molar-refractivity contribution in [3.8, 4) is 0 Å². The van der Waals surface area contributed by atoms with E-state index in [0.29, 0.717) is 18.1 Å². The molecular formula is C12H12ClFN2O. The van der Waals surface area contributed by atoms with Crippen molar-refractivity contribution in [2.24, 2.45) is 0 Å². The number of nitrogens with one attached hydrogen (secondary N) is 1. The molecule has 0 spiro atoms. The number of benzene rings is 1. The molecule has 0 saturated heterocycles. The fourth-order valence-corrected chi connectivity index (χ4v) is 1.73. The third-order valence-electron chi connectivity index (χ3n) is 2.31. The molecule has 0 aliphatic carbocycles. The Morgan fingerprint density at radius 2 is 2.18 bits per heavy atom. The van der Waals surface area contributed by atoms with Crippen LogP contribution in [0, 0.1) is 12.7 Å². The van der Waals surface area contributed by atoms with Crippen LogP contribution >= 0.6 is 11.6 Å². The van der Waals surface area contributed by atoms with Gasteiger partial charge < -0.3 is 9.84 Å². The van der Waals surface area contributed by atoms with Gasteiger partial charge in [-0.3, -0.25) is 0 Å². The van der Waals surface area contributed by atoms with Gasteiger partial charge in [0.25, 0.3) is 0 Å². The molecule has 0 unspecified atom stereocenters. The van der Waals surface area contributed by atoms with E-state index in [2.05, 4.69) is 10.5 Å². The summed E-state index contributed by atoms with van der Waals surface area (Å²) in [4.78, 5) is 0. The van der Waals surface area contributed by atoms with Crippen molar-refractivity contribution in [2.75, 3.05) is 0 Å². The van der Waals surface area contributed by atoms with E-state index in [9.17, 15) is 4.39 Å². The van der Waals surface area contributed by atoms with E-state index in [1.165, 1.54) is 12.1 Å². The van der Waals surface area contributed by atoms with Crippen LogP contribution in [0.4, 0.5) is 4.39 Å². The molecule has 17 heavy (non-hydrogen) atoms. The summed E-state index contributed by atoms with van der Waals surface area (Å²) < 4.78 is 17.8. The Bertz CT molecular complexity index is 513. The highest BCUT2D eigenvalue weighted by molar-refractivity contribution is 6.31. The van der Waals surface area contributed by atoms with E-state index in [1.807, 2.05) is 13.0 Å². The molecule has 1 N–H and O–H groups in total. The third kappa shape index (κ3) is 3.28. The second kappa shape index (κ2) is 5.29. The first-order valence-electron chi connectivity index (χ1n) is 5.22. The van der Waals surface area contributed by atoms with E-state index in [-0.39, 0.29) is 5.82 Å². The zero-order chi connectivity index (χ0) is 12.3. The first kappa shape index (κ1) is 12.1. The smallest absolute Gasteiger partial charge is 0.133 e. The number of nitrogens with zero attached hydrogens (tertiary/aromatic N) is 1. The molecule has 3 nitrogen and oxygen atoms in total. The number of hydrogen-bond acceptors (Lipinski definition) is 3. The summed E-state index contributed by atoms with van der Waals surface area (Å²) in [5.74, 6) is 0.451. The molecule has 0 fully saturated rings. The predicted octanol–water partition coefficient (Wildman–Crippen LogP) is 3.07. The van der Waals surface area contributed by atoms with E-state index in [1.54, 1.807) is 6.07 Å². The Morgan fingerprint density at radius 3 is 2.82 bits per heavy atom. The van der Waals surface area contributed by atoms with Gasteiger partial charge in [0.2, 0.25) is 0 Å². The summed E-state index contributed by atoms with van der Waals surface area (Å²) in [6.45, 7) is 2.99. The quantitative estimate of drug-likeness (QED) is 0.911. The van der Waals surface area contributed by atoms with E-state index in [4.69, 9.17) is 16.1 Å². The van der Waals surface area contributed by atoms with Crippen LogP contribution in [-0.2, 0) is 13.1 Å². The van der Waals surface area contributed by atoms with Gasteiger partial charge in [-0.2, -0.15) is 0 Å². The Morgan fingerprint density at radius 1 is 1.35 bits per heavy atom. The SMILES string of the molecule is Cc1cc(CNCc2ccc(F)cc2Cl)no1. The van der Waals surface area contributed by atoms with Crippen LogP contribution in [0.3, 0.4) is 0 Å². The van der Waals surface area contributed by atoms with Crippen molar-refractivity contribution in [1.29, 1.82) is 0 Å². The van der Waals surface area contributed by atoms with Gasteiger partial charge in [0, 0.05) is 24.2 Å². The molecule has 1 heterocycles. The zero-order valence-electron chi connectivity index (χ0n) is 9.34. The molecule has 1 aromatic carbocycles. The standard InChI is InChI=1S/C12H12ClFN2O/c1-8-4-11(16-17-8)7-15-6-9-2-3-10(14)5-12(9)13/h2-5,15H,6-7H2,1H3. The number of hydrogen-bond donors (Lipinski definition) is 1. The fourth-order valence-electron chi connectivity index (χ4n) is 1.49. The molecule has 0 aliphatic rings. The summed E-state index contributed by atoms with van der Waals surface area (Å²) in [7, 11) is 0. The van der Waals surface area contributed by atoms with E-state index in [0.717, 1.165) is 17.0 Å². The molecule has 2 rings (SSSR count). The lowest BCUT2D eigenvalue weighted by atomic mass is 10.2. The van der Waals surface area contributed by atoms with Gasteiger partial charge in [-0.1, -0.05) is 22.8 Å². The maximum Gasteiger partial charge on any atom is 0.133 e. The Balaban J connectivity index is 1.90. The third-order valence-corrected chi connectivity index (χ3v) is 2.67. The van der Waals surface area contributed by atoms with Crippen molar-refractivity contribution in [3.63, 3.8) is 0 Å². The molecule has 0 radical (unpaired) electrons. The highest BCUT2D eigenvalue weighted by Gasteiger charge is 2.03. The van der Waals surface area contributed by atoms with Gasteiger partial charge in [-0.05, 0) is 24.6 Å². The van der Waals surface area contributed by atoms with E-state index >= 15 is 0 Å². The monoisotopic (exact) mass is 254 g/mol. The zero-order valence-corrected chi connectivity index (χ0v) is 10.1. The van der Waals surface area contributed by atoms with Crippen molar-refractivity contribution in [2.45, 2.75) is 20.0 Å². The first-order valence-corrected chi connectivity index (χ1v) is 5.60. The van der Waals surface area contributed by atoms with Crippen LogP contribution in [0.2, 0.25) is 5.02 Å². The van der Waals surface area contributed by atoms with Crippen molar-refractivity contribution in [3.05, 3.63) is 52.1 Å². The topological polar surface area (TPSA) is 38.1 Å². The van der Waals surface area contributed by atoms with Gasteiger partial charge in [0.15, 0.2) is 0 Å². The van der Waals surface area contributed by atoms with Crippen LogP contribution in [0.1, 0.15) is 17.0 Å². The molecule has 0 atom stereocenters. The Labute approximate surface area is 104 Å². The van der Waals surface area contributed by atoms with Gasteiger partial charge in [-0.25, -0.2) is 4.39 Å². The van der Waals surface area contributed by atoms with Gasteiger partial charge in [-0.15, -0.1) is 0 Å². The number of halogens is 2. The molecule has 0 aliphatic heterocycles. The molecule has 0 bridgehead atoms. The molecule has 90 valence electrons. The van der Waals surface area contributed by atoms with Crippen LogP contribution in [0.15, 0.2) is 28.8 Å². The molecule has 2 aromatic rings. The number of aryl methyl sites for hydroxylation is 1.